The van der Waals surface area contributed by atoms with Crippen molar-refractivity contribution in [1.29, 1.82) is 5.26 Å². The summed E-state index contributed by atoms with van der Waals surface area (Å²) in [5.41, 5.74) is 6.24. The zero-order valence-electron chi connectivity index (χ0n) is 9.15. The van der Waals surface area contributed by atoms with E-state index in [-0.39, 0.29) is 5.75 Å². The monoisotopic (exact) mass is 306 g/mol. The highest BCUT2D eigenvalue weighted by Crippen LogP contribution is 2.29. The van der Waals surface area contributed by atoms with Crippen LogP contribution >= 0.6 is 15.9 Å². The van der Waals surface area contributed by atoms with E-state index in [1.807, 2.05) is 6.07 Å². The molecule has 0 amide bonds. The Hall–Kier alpha value is -2.06. The molecule has 18 heavy (non-hydrogen) atoms. The van der Waals surface area contributed by atoms with Gasteiger partial charge in [-0.05, 0) is 30.3 Å². The number of halogens is 2. The van der Waals surface area contributed by atoms with Gasteiger partial charge in [-0.15, -0.1) is 0 Å². The molecule has 90 valence electrons. The van der Waals surface area contributed by atoms with Gasteiger partial charge in [0.1, 0.15) is 11.8 Å². The van der Waals surface area contributed by atoms with Crippen LogP contribution in [0, 0.1) is 17.1 Å². The summed E-state index contributed by atoms with van der Waals surface area (Å²) < 4.78 is 19.6. The Morgan fingerprint density at radius 1 is 1.22 bits per heavy atom. The Morgan fingerprint density at radius 2 is 2.00 bits per heavy atom. The van der Waals surface area contributed by atoms with E-state index >= 15 is 0 Å². The number of anilines is 1. The van der Waals surface area contributed by atoms with Crippen molar-refractivity contribution in [3.05, 3.63) is 52.3 Å². The van der Waals surface area contributed by atoms with E-state index in [0.29, 0.717) is 21.5 Å². The van der Waals surface area contributed by atoms with E-state index in [1.54, 1.807) is 18.2 Å². The van der Waals surface area contributed by atoms with Gasteiger partial charge in [-0.2, -0.15) is 5.26 Å². The van der Waals surface area contributed by atoms with Gasteiger partial charge in [-0.1, -0.05) is 15.9 Å². The fraction of sp³-hybridized carbons (Fsp3) is 0. The van der Waals surface area contributed by atoms with Crippen molar-refractivity contribution < 1.29 is 9.13 Å². The molecule has 0 bridgehead atoms. The average molecular weight is 307 g/mol. The van der Waals surface area contributed by atoms with Gasteiger partial charge in [0.15, 0.2) is 11.6 Å². The molecular formula is C13H8BrFN2O. The van der Waals surface area contributed by atoms with Crippen molar-refractivity contribution in [2.75, 3.05) is 5.73 Å². The van der Waals surface area contributed by atoms with Crippen LogP contribution in [-0.4, -0.2) is 0 Å². The topological polar surface area (TPSA) is 59.0 Å². The van der Waals surface area contributed by atoms with Gasteiger partial charge in [0.05, 0.1) is 5.56 Å². The van der Waals surface area contributed by atoms with Crippen molar-refractivity contribution in [1.82, 2.24) is 0 Å². The lowest BCUT2D eigenvalue weighted by molar-refractivity contribution is 0.442. The van der Waals surface area contributed by atoms with E-state index in [2.05, 4.69) is 15.9 Å². The van der Waals surface area contributed by atoms with Crippen LogP contribution in [-0.2, 0) is 0 Å². The summed E-state index contributed by atoms with van der Waals surface area (Å²) in [5, 5.41) is 8.84. The summed E-state index contributed by atoms with van der Waals surface area (Å²) in [6, 6.07) is 10.9. The highest BCUT2D eigenvalue weighted by Gasteiger charge is 2.07. The minimum absolute atomic E-state index is 0.0815. The molecule has 0 spiro atoms. The summed E-state index contributed by atoms with van der Waals surface area (Å²) in [7, 11) is 0. The van der Waals surface area contributed by atoms with E-state index in [0.717, 1.165) is 0 Å². The zero-order chi connectivity index (χ0) is 13.1. The minimum Gasteiger partial charge on any atom is -0.454 e. The first kappa shape index (κ1) is 12.4. The second kappa shape index (κ2) is 5.07. The predicted octanol–water partition coefficient (Wildman–Crippen LogP) is 3.83. The number of ether oxygens (including phenoxy) is 1. The smallest absolute Gasteiger partial charge is 0.165 e. The first-order valence-corrected chi connectivity index (χ1v) is 5.82. The molecule has 0 aliphatic rings. The summed E-state index contributed by atoms with van der Waals surface area (Å²) in [6.07, 6.45) is 0. The molecule has 0 aliphatic heterocycles. The van der Waals surface area contributed by atoms with Gasteiger partial charge in [-0.3, -0.25) is 0 Å². The van der Waals surface area contributed by atoms with Crippen LogP contribution in [0.1, 0.15) is 5.56 Å². The fourth-order valence-electron chi connectivity index (χ4n) is 1.38. The number of nitrogen functional groups attached to an aromatic ring is 1. The van der Waals surface area contributed by atoms with E-state index in [9.17, 15) is 4.39 Å². The molecule has 0 aliphatic carbocycles. The lowest BCUT2D eigenvalue weighted by atomic mass is 10.2. The molecule has 0 radical (unpaired) electrons. The summed E-state index contributed by atoms with van der Waals surface area (Å²) in [5.74, 6) is -0.0377. The van der Waals surface area contributed by atoms with E-state index in [1.165, 1.54) is 18.2 Å². The molecule has 5 heteroatoms. The average Bonchev–Trinajstić information content (AvgIpc) is 2.36. The fourth-order valence-corrected chi connectivity index (χ4v) is 1.72. The summed E-state index contributed by atoms with van der Waals surface area (Å²) >= 11 is 3.23. The van der Waals surface area contributed by atoms with Crippen molar-refractivity contribution >= 4 is 21.6 Å². The third kappa shape index (κ3) is 2.60. The summed E-state index contributed by atoms with van der Waals surface area (Å²) in [4.78, 5) is 0. The minimum atomic E-state index is -0.478. The maximum atomic E-state index is 13.5. The number of nitriles is 1. The molecule has 0 unspecified atom stereocenters. The Bertz CT molecular complexity index is 637. The van der Waals surface area contributed by atoms with Crippen molar-refractivity contribution in [3.8, 4) is 17.6 Å². The van der Waals surface area contributed by atoms with E-state index in [4.69, 9.17) is 15.7 Å². The van der Waals surface area contributed by atoms with Crippen LogP contribution in [0.25, 0.3) is 0 Å². The second-order valence-corrected chi connectivity index (χ2v) is 4.45. The number of benzene rings is 2. The van der Waals surface area contributed by atoms with Gasteiger partial charge >= 0.3 is 0 Å². The molecule has 0 saturated heterocycles. The summed E-state index contributed by atoms with van der Waals surface area (Å²) in [6.45, 7) is 0. The van der Waals surface area contributed by atoms with Crippen molar-refractivity contribution in [2.24, 2.45) is 0 Å². The first-order valence-electron chi connectivity index (χ1n) is 5.02. The molecule has 0 atom stereocenters. The van der Waals surface area contributed by atoms with Crippen molar-refractivity contribution in [2.45, 2.75) is 0 Å². The standard InChI is InChI=1S/C13H8BrFN2O/c14-9-1-3-11(15)13(6-9)18-10-2-4-12(17)8(5-10)7-16/h1-6H,17H2. The number of nitrogens with zero attached hydrogens (tertiary/aromatic N) is 1. The van der Waals surface area contributed by atoms with Crippen LogP contribution in [0.4, 0.5) is 10.1 Å². The normalized spacial score (nSPS) is 9.83. The van der Waals surface area contributed by atoms with E-state index < -0.39 is 5.82 Å². The predicted molar refractivity (Wildman–Crippen MR) is 69.7 cm³/mol. The molecule has 0 saturated carbocycles. The number of hydrogen-bond acceptors (Lipinski definition) is 3. The first-order chi connectivity index (χ1) is 8.60. The van der Waals surface area contributed by atoms with Gasteiger partial charge in [0.2, 0.25) is 0 Å². The van der Waals surface area contributed by atoms with Crippen molar-refractivity contribution in [3.63, 3.8) is 0 Å². The second-order valence-electron chi connectivity index (χ2n) is 3.54. The molecule has 2 aromatic carbocycles. The third-order valence-corrected chi connectivity index (χ3v) is 2.76. The van der Waals surface area contributed by atoms with Crippen LogP contribution in [0.2, 0.25) is 0 Å². The highest BCUT2D eigenvalue weighted by atomic mass is 79.9. The third-order valence-electron chi connectivity index (χ3n) is 2.27. The molecule has 3 nitrogen and oxygen atoms in total. The van der Waals surface area contributed by atoms with Gasteiger partial charge < -0.3 is 10.5 Å². The number of hydrogen-bond donors (Lipinski definition) is 1. The molecule has 2 aromatic rings. The van der Waals surface area contributed by atoms with Crippen LogP contribution in [0.3, 0.4) is 0 Å². The largest absolute Gasteiger partial charge is 0.454 e. The lowest BCUT2D eigenvalue weighted by Gasteiger charge is -2.08. The lowest BCUT2D eigenvalue weighted by Crippen LogP contribution is -1.93. The molecular weight excluding hydrogens is 299 g/mol. The number of rotatable bonds is 2. The van der Waals surface area contributed by atoms with Gasteiger partial charge in [-0.25, -0.2) is 4.39 Å². The maximum absolute atomic E-state index is 13.5. The van der Waals surface area contributed by atoms with Gasteiger partial charge in [0.25, 0.3) is 0 Å². The molecule has 0 aromatic heterocycles. The van der Waals surface area contributed by atoms with Crippen LogP contribution < -0.4 is 10.5 Å². The quantitative estimate of drug-likeness (QED) is 0.858. The SMILES string of the molecule is N#Cc1cc(Oc2cc(Br)ccc2F)ccc1N. The maximum Gasteiger partial charge on any atom is 0.165 e. The van der Waals surface area contributed by atoms with Crippen LogP contribution in [0.15, 0.2) is 40.9 Å². The van der Waals surface area contributed by atoms with Gasteiger partial charge in [0, 0.05) is 16.2 Å². The Labute approximate surface area is 112 Å². The molecule has 0 fully saturated rings. The molecule has 2 N–H and O–H groups in total. The van der Waals surface area contributed by atoms with Crippen LogP contribution in [0.5, 0.6) is 11.5 Å². The zero-order valence-corrected chi connectivity index (χ0v) is 10.7. The molecule has 0 heterocycles. The number of nitrogens with two attached hydrogens (primary N) is 1. The molecule has 2 rings (SSSR count). The highest BCUT2D eigenvalue weighted by molar-refractivity contribution is 9.10. The Balaban J connectivity index is 2.34. The Kier molecular flexibility index (Phi) is 3.49. The Morgan fingerprint density at radius 3 is 2.72 bits per heavy atom.